The Kier molecular flexibility index (Phi) is 4.77. The molecule has 0 aliphatic rings. The molecule has 0 fully saturated rings. The van der Waals surface area contributed by atoms with Crippen molar-refractivity contribution < 1.29 is 4.79 Å². The summed E-state index contributed by atoms with van der Waals surface area (Å²) in [5, 5.41) is 5.22. The monoisotopic (exact) mass is 375 g/mol. The number of aromatic amines is 1. The van der Waals surface area contributed by atoms with Crippen molar-refractivity contribution in [3.05, 3.63) is 87.5 Å². The van der Waals surface area contributed by atoms with Gasteiger partial charge in [0.15, 0.2) is 0 Å². The summed E-state index contributed by atoms with van der Waals surface area (Å²) in [5.41, 5.74) is 4.26. The zero-order valence-corrected chi connectivity index (χ0v) is 16.1. The van der Waals surface area contributed by atoms with Crippen molar-refractivity contribution in [1.29, 1.82) is 0 Å². The highest BCUT2D eigenvalue weighted by molar-refractivity contribution is 7.13. The van der Waals surface area contributed by atoms with Crippen LogP contribution in [0.5, 0.6) is 0 Å². The predicted molar refractivity (Wildman–Crippen MR) is 111 cm³/mol. The minimum absolute atomic E-state index is 0.0566. The van der Waals surface area contributed by atoms with Crippen molar-refractivity contribution in [1.82, 2.24) is 15.3 Å². The summed E-state index contributed by atoms with van der Waals surface area (Å²) < 4.78 is 0. The lowest BCUT2D eigenvalue weighted by Gasteiger charge is -2.18. The standard InChI is InChI=1S/C22H21N3OS/c1-14-21(27-15(2)25-14)22(26)24-12-18(16-8-4-3-5-9-16)19-13-23-20-11-7-6-10-17(19)20/h3-11,13,18,23H,12H2,1-2H3,(H,24,26)/t18-/m0/s1. The van der Waals surface area contributed by atoms with E-state index in [1.807, 2.05) is 44.2 Å². The number of nitrogens with one attached hydrogen (secondary N) is 2. The van der Waals surface area contributed by atoms with Crippen LogP contribution in [0.25, 0.3) is 10.9 Å². The van der Waals surface area contributed by atoms with Crippen molar-refractivity contribution >= 4 is 28.1 Å². The number of fused-ring (bicyclic) bond motifs is 1. The summed E-state index contributed by atoms with van der Waals surface area (Å²) >= 11 is 1.44. The van der Waals surface area contributed by atoms with Crippen molar-refractivity contribution in [3.8, 4) is 0 Å². The van der Waals surface area contributed by atoms with E-state index in [1.165, 1.54) is 27.8 Å². The van der Waals surface area contributed by atoms with Gasteiger partial charge in [-0.15, -0.1) is 11.3 Å². The molecule has 2 aromatic heterocycles. The molecule has 27 heavy (non-hydrogen) atoms. The third kappa shape index (κ3) is 3.51. The molecule has 2 heterocycles. The van der Waals surface area contributed by atoms with Crippen LogP contribution in [0, 0.1) is 13.8 Å². The van der Waals surface area contributed by atoms with E-state index < -0.39 is 0 Å². The van der Waals surface area contributed by atoms with E-state index in [0.29, 0.717) is 11.4 Å². The third-order valence-electron chi connectivity index (χ3n) is 4.78. The number of hydrogen-bond acceptors (Lipinski definition) is 3. The first-order valence-electron chi connectivity index (χ1n) is 8.96. The maximum Gasteiger partial charge on any atom is 0.263 e. The molecule has 0 saturated carbocycles. The molecule has 0 unspecified atom stereocenters. The zero-order chi connectivity index (χ0) is 18.8. The largest absolute Gasteiger partial charge is 0.361 e. The molecule has 0 bridgehead atoms. The highest BCUT2D eigenvalue weighted by Crippen LogP contribution is 2.30. The van der Waals surface area contributed by atoms with Gasteiger partial charge < -0.3 is 10.3 Å². The molecule has 1 amide bonds. The van der Waals surface area contributed by atoms with Crippen LogP contribution in [0.2, 0.25) is 0 Å². The Balaban J connectivity index is 1.65. The van der Waals surface area contributed by atoms with E-state index in [4.69, 9.17) is 0 Å². The number of H-pyrrole nitrogens is 1. The summed E-state index contributed by atoms with van der Waals surface area (Å²) in [6.45, 7) is 4.33. The number of carbonyl (C=O) groups is 1. The van der Waals surface area contributed by atoms with Gasteiger partial charge >= 0.3 is 0 Å². The van der Waals surface area contributed by atoms with E-state index in [2.05, 4.69) is 45.7 Å². The fourth-order valence-electron chi connectivity index (χ4n) is 3.49. The molecule has 0 aliphatic carbocycles. The first-order chi connectivity index (χ1) is 13.1. The summed E-state index contributed by atoms with van der Waals surface area (Å²) in [7, 11) is 0. The van der Waals surface area contributed by atoms with Gasteiger partial charge in [-0.2, -0.15) is 0 Å². The Labute approximate surface area is 162 Å². The van der Waals surface area contributed by atoms with Crippen LogP contribution in [0.15, 0.2) is 60.8 Å². The molecule has 4 nitrogen and oxygen atoms in total. The van der Waals surface area contributed by atoms with E-state index in [1.54, 1.807) is 0 Å². The molecule has 2 N–H and O–H groups in total. The van der Waals surface area contributed by atoms with Crippen molar-refractivity contribution in [3.63, 3.8) is 0 Å². The average Bonchev–Trinajstić information content (AvgIpc) is 3.26. The number of nitrogens with zero attached hydrogens (tertiary/aromatic N) is 1. The van der Waals surface area contributed by atoms with Crippen LogP contribution in [0.1, 0.15) is 37.4 Å². The highest BCUT2D eigenvalue weighted by atomic mass is 32.1. The lowest BCUT2D eigenvalue weighted by atomic mass is 9.91. The Bertz CT molecular complexity index is 1080. The van der Waals surface area contributed by atoms with Gasteiger partial charge in [-0.05, 0) is 31.0 Å². The normalized spacial score (nSPS) is 12.2. The average molecular weight is 375 g/mol. The summed E-state index contributed by atoms with van der Waals surface area (Å²) in [6.07, 6.45) is 2.05. The fraction of sp³-hybridized carbons (Fsp3) is 0.182. The molecule has 1 atom stereocenters. The van der Waals surface area contributed by atoms with Gasteiger partial charge in [0.1, 0.15) is 4.88 Å². The number of aryl methyl sites for hydroxylation is 2. The topological polar surface area (TPSA) is 57.8 Å². The number of aromatic nitrogens is 2. The predicted octanol–water partition coefficient (Wildman–Crippen LogP) is 4.80. The molecular formula is C22H21N3OS. The molecule has 4 rings (SSSR count). The van der Waals surface area contributed by atoms with E-state index in [9.17, 15) is 4.79 Å². The molecule has 4 aromatic rings. The van der Waals surface area contributed by atoms with E-state index >= 15 is 0 Å². The quantitative estimate of drug-likeness (QED) is 0.526. The molecule has 0 spiro atoms. The minimum Gasteiger partial charge on any atom is -0.361 e. The van der Waals surface area contributed by atoms with Crippen LogP contribution >= 0.6 is 11.3 Å². The van der Waals surface area contributed by atoms with Gasteiger partial charge in [0.2, 0.25) is 0 Å². The summed E-state index contributed by atoms with van der Waals surface area (Å²) in [6, 6.07) is 18.6. The summed E-state index contributed by atoms with van der Waals surface area (Å²) in [5.74, 6) is 0.0134. The lowest BCUT2D eigenvalue weighted by molar-refractivity contribution is 0.0955. The van der Waals surface area contributed by atoms with Crippen molar-refractivity contribution in [2.24, 2.45) is 0 Å². The number of rotatable bonds is 5. The van der Waals surface area contributed by atoms with Crippen LogP contribution in [0.3, 0.4) is 0 Å². The number of benzene rings is 2. The maximum absolute atomic E-state index is 12.7. The van der Waals surface area contributed by atoms with Gasteiger partial charge in [-0.1, -0.05) is 48.5 Å². The van der Waals surface area contributed by atoms with E-state index in [-0.39, 0.29) is 11.8 Å². The maximum atomic E-state index is 12.7. The van der Waals surface area contributed by atoms with E-state index in [0.717, 1.165) is 16.2 Å². The van der Waals surface area contributed by atoms with Gasteiger partial charge in [0, 0.05) is 29.6 Å². The third-order valence-corrected chi connectivity index (χ3v) is 5.85. The van der Waals surface area contributed by atoms with Gasteiger partial charge in [-0.3, -0.25) is 4.79 Å². The van der Waals surface area contributed by atoms with Crippen molar-refractivity contribution in [2.75, 3.05) is 6.54 Å². The van der Waals surface area contributed by atoms with Crippen LogP contribution in [-0.2, 0) is 0 Å². The van der Waals surface area contributed by atoms with Crippen LogP contribution in [0.4, 0.5) is 0 Å². The molecule has 0 radical (unpaired) electrons. The molecular weight excluding hydrogens is 354 g/mol. The van der Waals surface area contributed by atoms with Crippen LogP contribution in [-0.4, -0.2) is 22.4 Å². The zero-order valence-electron chi connectivity index (χ0n) is 15.3. The number of hydrogen-bond donors (Lipinski definition) is 2. The second kappa shape index (κ2) is 7.37. The van der Waals surface area contributed by atoms with Crippen LogP contribution < -0.4 is 5.32 Å². The Morgan fingerprint density at radius 1 is 1.11 bits per heavy atom. The Morgan fingerprint density at radius 2 is 1.85 bits per heavy atom. The number of para-hydroxylation sites is 1. The Morgan fingerprint density at radius 3 is 2.59 bits per heavy atom. The molecule has 2 aromatic carbocycles. The first kappa shape index (κ1) is 17.5. The first-order valence-corrected chi connectivity index (χ1v) is 9.78. The summed E-state index contributed by atoms with van der Waals surface area (Å²) in [4.78, 5) is 21.1. The van der Waals surface area contributed by atoms with Gasteiger partial charge in [0.25, 0.3) is 5.91 Å². The minimum atomic E-state index is -0.0566. The number of amides is 1. The molecule has 0 saturated heterocycles. The number of thiazole rings is 1. The SMILES string of the molecule is Cc1nc(C)c(C(=O)NC[C@@H](c2ccccc2)c2c[nH]c3ccccc23)s1. The van der Waals surface area contributed by atoms with Gasteiger partial charge in [-0.25, -0.2) is 4.98 Å². The fourth-order valence-corrected chi connectivity index (χ4v) is 4.33. The number of carbonyl (C=O) groups excluding carboxylic acids is 1. The Hall–Kier alpha value is -2.92. The highest BCUT2D eigenvalue weighted by Gasteiger charge is 2.20. The van der Waals surface area contributed by atoms with Gasteiger partial charge in [0.05, 0.1) is 10.7 Å². The second-order valence-corrected chi connectivity index (χ2v) is 7.81. The molecule has 5 heteroatoms. The van der Waals surface area contributed by atoms with Crippen molar-refractivity contribution in [2.45, 2.75) is 19.8 Å². The second-order valence-electron chi connectivity index (χ2n) is 6.61. The molecule has 136 valence electrons. The lowest BCUT2D eigenvalue weighted by Crippen LogP contribution is -2.28. The smallest absolute Gasteiger partial charge is 0.263 e. The molecule has 0 aliphatic heterocycles.